The Kier molecular flexibility index (Phi) is 3.86. The van der Waals surface area contributed by atoms with E-state index in [1.165, 1.54) is 5.56 Å². The molecule has 0 aliphatic rings. The summed E-state index contributed by atoms with van der Waals surface area (Å²) in [6.45, 7) is 1.52. The number of nitrogens with one attached hydrogen (secondary N) is 1. The molecule has 0 radical (unpaired) electrons. The Hall–Kier alpha value is -1.45. The van der Waals surface area contributed by atoms with Crippen LogP contribution in [0.25, 0.3) is 0 Å². The largest absolute Gasteiger partial charge is 0.307 e. The lowest BCUT2D eigenvalue weighted by atomic mass is 10.2. The molecule has 0 saturated carbocycles. The summed E-state index contributed by atoms with van der Waals surface area (Å²) in [5.41, 5.74) is 2.14. The molecule has 1 aromatic carbocycles. The van der Waals surface area contributed by atoms with Crippen molar-refractivity contribution in [3.63, 3.8) is 0 Å². The third kappa shape index (κ3) is 3.29. The highest BCUT2D eigenvalue weighted by atomic mass is 35.5. The molecule has 0 amide bonds. The highest BCUT2D eigenvalue weighted by Gasteiger charge is 1.95. The smallest absolute Gasteiger partial charge is 0.0769 e. The molecule has 0 bridgehead atoms. The number of aromatic nitrogens is 2. The minimum Gasteiger partial charge on any atom is -0.307 e. The summed E-state index contributed by atoms with van der Waals surface area (Å²) < 4.78 is 0. The summed E-state index contributed by atoms with van der Waals surface area (Å²) in [6, 6.07) is 11.6. The molecule has 2 aromatic rings. The van der Waals surface area contributed by atoms with Crippen LogP contribution in [0.3, 0.4) is 0 Å². The molecule has 1 N–H and O–H groups in total. The molecule has 0 aliphatic heterocycles. The van der Waals surface area contributed by atoms with Gasteiger partial charge in [0, 0.05) is 24.3 Å². The van der Waals surface area contributed by atoms with Gasteiger partial charge in [0.15, 0.2) is 0 Å². The second kappa shape index (κ2) is 5.58. The Morgan fingerprint density at radius 2 is 1.88 bits per heavy atom. The molecule has 0 unspecified atom stereocenters. The number of rotatable bonds is 4. The van der Waals surface area contributed by atoms with Crippen molar-refractivity contribution in [3.8, 4) is 0 Å². The second-order valence-electron chi connectivity index (χ2n) is 3.45. The van der Waals surface area contributed by atoms with E-state index in [0.29, 0.717) is 0 Å². The quantitative estimate of drug-likeness (QED) is 0.882. The predicted octanol–water partition coefficient (Wildman–Crippen LogP) is 2.42. The average molecular weight is 234 g/mol. The summed E-state index contributed by atoms with van der Waals surface area (Å²) in [6.07, 6.45) is 1.67. The Morgan fingerprint density at radius 3 is 2.56 bits per heavy atom. The van der Waals surface area contributed by atoms with Gasteiger partial charge in [0.1, 0.15) is 0 Å². The zero-order valence-electron chi connectivity index (χ0n) is 8.73. The summed E-state index contributed by atoms with van der Waals surface area (Å²) in [7, 11) is 0. The van der Waals surface area contributed by atoms with E-state index in [0.717, 1.165) is 23.8 Å². The maximum absolute atomic E-state index is 5.80. The first-order chi connectivity index (χ1) is 7.84. The van der Waals surface area contributed by atoms with Crippen LogP contribution < -0.4 is 5.32 Å². The first-order valence-electron chi connectivity index (χ1n) is 5.06. The monoisotopic (exact) mass is 233 g/mol. The van der Waals surface area contributed by atoms with Crippen molar-refractivity contribution in [1.29, 1.82) is 0 Å². The highest BCUT2D eigenvalue weighted by Crippen LogP contribution is 2.09. The number of halogens is 1. The second-order valence-corrected chi connectivity index (χ2v) is 3.88. The van der Waals surface area contributed by atoms with E-state index < -0.39 is 0 Å². The normalized spacial score (nSPS) is 10.3. The Labute approximate surface area is 99.5 Å². The molecule has 0 saturated heterocycles. The van der Waals surface area contributed by atoms with Crippen molar-refractivity contribution in [2.24, 2.45) is 0 Å². The Bertz CT molecular complexity index is 428. The molecule has 3 nitrogen and oxygen atoms in total. The van der Waals surface area contributed by atoms with Crippen molar-refractivity contribution in [2.75, 3.05) is 0 Å². The Morgan fingerprint density at radius 1 is 1.06 bits per heavy atom. The zero-order valence-corrected chi connectivity index (χ0v) is 9.48. The minimum absolute atomic E-state index is 0.719. The van der Waals surface area contributed by atoms with Crippen LogP contribution in [-0.2, 0) is 13.1 Å². The van der Waals surface area contributed by atoms with E-state index in [1.54, 1.807) is 6.20 Å². The van der Waals surface area contributed by atoms with Crippen LogP contribution in [0.15, 0.2) is 42.6 Å². The topological polar surface area (TPSA) is 37.8 Å². The maximum atomic E-state index is 5.80. The van der Waals surface area contributed by atoms with E-state index in [4.69, 9.17) is 11.6 Å². The van der Waals surface area contributed by atoms with Crippen molar-refractivity contribution >= 4 is 11.6 Å². The summed E-state index contributed by atoms with van der Waals surface area (Å²) in [5.74, 6) is 0. The van der Waals surface area contributed by atoms with Crippen LogP contribution in [0.4, 0.5) is 0 Å². The van der Waals surface area contributed by atoms with Gasteiger partial charge in [-0.3, -0.25) is 0 Å². The molecule has 4 heteroatoms. The molecule has 82 valence electrons. The van der Waals surface area contributed by atoms with E-state index in [2.05, 4.69) is 15.5 Å². The Balaban J connectivity index is 1.82. The maximum Gasteiger partial charge on any atom is 0.0769 e. The van der Waals surface area contributed by atoms with Crippen LogP contribution >= 0.6 is 11.6 Å². The van der Waals surface area contributed by atoms with Crippen LogP contribution in [0.2, 0.25) is 5.02 Å². The van der Waals surface area contributed by atoms with Crippen LogP contribution in [0.5, 0.6) is 0 Å². The lowest BCUT2D eigenvalue weighted by Gasteiger charge is -2.03. The number of hydrogen-bond acceptors (Lipinski definition) is 3. The standard InChI is InChI=1S/C12H12ClN3/c13-11-5-3-10(4-6-11)8-14-9-12-2-1-7-15-16-12/h1-7,14H,8-9H2. The summed E-state index contributed by atoms with van der Waals surface area (Å²) >= 11 is 5.80. The molecule has 0 aliphatic carbocycles. The molecule has 1 heterocycles. The molecule has 0 fully saturated rings. The van der Waals surface area contributed by atoms with Gasteiger partial charge in [-0.15, -0.1) is 0 Å². The first kappa shape index (κ1) is 11.0. The summed E-state index contributed by atoms with van der Waals surface area (Å²) in [4.78, 5) is 0. The molecular formula is C12H12ClN3. The van der Waals surface area contributed by atoms with Gasteiger partial charge < -0.3 is 5.32 Å². The van der Waals surface area contributed by atoms with Gasteiger partial charge in [-0.1, -0.05) is 23.7 Å². The number of benzene rings is 1. The van der Waals surface area contributed by atoms with Gasteiger partial charge in [-0.2, -0.15) is 10.2 Å². The first-order valence-corrected chi connectivity index (χ1v) is 5.44. The average Bonchev–Trinajstić information content (AvgIpc) is 2.33. The van der Waals surface area contributed by atoms with E-state index in [9.17, 15) is 0 Å². The van der Waals surface area contributed by atoms with Crippen molar-refractivity contribution < 1.29 is 0 Å². The van der Waals surface area contributed by atoms with Gasteiger partial charge in [-0.25, -0.2) is 0 Å². The van der Waals surface area contributed by atoms with Crippen LogP contribution in [-0.4, -0.2) is 10.2 Å². The van der Waals surface area contributed by atoms with Crippen molar-refractivity contribution in [1.82, 2.24) is 15.5 Å². The van der Waals surface area contributed by atoms with Gasteiger partial charge in [-0.05, 0) is 29.8 Å². The third-order valence-corrected chi connectivity index (χ3v) is 2.43. The third-order valence-electron chi connectivity index (χ3n) is 2.18. The van der Waals surface area contributed by atoms with Gasteiger partial charge >= 0.3 is 0 Å². The van der Waals surface area contributed by atoms with E-state index in [1.807, 2.05) is 36.4 Å². The molecule has 16 heavy (non-hydrogen) atoms. The van der Waals surface area contributed by atoms with Gasteiger partial charge in [0.25, 0.3) is 0 Å². The van der Waals surface area contributed by atoms with Crippen LogP contribution in [0, 0.1) is 0 Å². The van der Waals surface area contributed by atoms with Gasteiger partial charge in [0.2, 0.25) is 0 Å². The lowest BCUT2D eigenvalue weighted by Crippen LogP contribution is -2.13. The minimum atomic E-state index is 0.719. The molecule has 1 aromatic heterocycles. The fourth-order valence-electron chi connectivity index (χ4n) is 1.36. The highest BCUT2D eigenvalue weighted by molar-refractivity contribution is 6.30. The molecular weight excluding hydrogens is 222 g/mol. The fraction of sp³-hybridized carbons (Fsp3) is 0.167. The lowest BCUT2D eigenvalue weighted by molar-refractivity contribution is 0.670. The number of nitrogens with zero attached hydrogens (tertiary/aromatic N) is 2. The molecule has 0 spiro atoms. The SMILES string of the molecule is Clc1ccc(CNCc2cccnn2)cc1. The summed E-state index contributed by atoms with van der Waals surface area (Å²) in [5, 5.41) is 11.9. The van der Waals surface area contributed by atoms with E-state index in [-0.39, 0.29) is 0 Å². The van der Waals surface area contributed by atoms with Crippen LogP contribution in [0.1, 0.15) is 11.3 Å². The van der Waals surface area contributed by atoms with Crippen molar-refractivity contribution in [3.05, 3.63) is 58.9 Å². The van der Waals surface area contributed by atoms with E-state index >= 15 is 0 Å². The molecule has 2 rings (SSSR count). The zero-order chi connectivity index (χ0) is 11.2. The fourth-order valence-corrected chi connectivity index (χ4v) is 1.49. The number of hydrogen-bond donors (Lipinski definition) is 1. The molecule has 0 atom stereocenters. The van der Waals surface area contributed by atoms with Gasteiger partial charge in [0.05, 0.1) is 5.69 Å². The van der Waals surface area contributed by atoms with Crippen molar-refractivity contribution in [2.45, 2.75) is 13.1 Å². The predicted molar refractivity (Wildman–Crippen MR) is 64.0 cm³/mol.